The number of morpholine rings is 1. The molecule has 0 saturated carbocycles. The van der Waals surface area contributed by atoms with Crippen LogP contribution in [0.3, 0.4) is 0 Å². The van der Waals surface area contributed by atoms with E-state index in [0.717, 1.165) is 26.1 Å². The van der Waals surface area contributed by atoms with Gasteiger partial charge in [0.2, 0.25) is 0 Å². The average molecular weight is 235 g/mol. The lowest BCUT2D eigenvalue weighted by molar-refractivity contribution is -0.0858. The maximum absolute atomic E-state index is 9.18. The monoisotopic (exact) mass is 235 g/mol. The molecule has 2 rings (SSSR count). The number of hydrogen-bond donors (Lipinski definition) is 1. The molecule has 3 nitrogen and oxygen atoms in total. The van der Waals surface area contributed by atoms with Crippen molar-refractivity contribution in [1.82, 2.24) is 4.90 Å². The van der Waals surface area contributed by atoms with Gasteiger partial charge < -0.3 is 9.84 Å². The van der Waals surface area contributed by atoms with Crippen LogP contribution in [0.15, 0.2) is 30.3 Å². The van der Waals surface area contributed by atoms with Crippen molar-refractivity contribution in [3.63, 3.8) is 0 Å². The van der Waals surface area contributed by atoms with Gasteiger partial charge in [0.1, 0.15) is 0 Å². The fourth-order valence-electron chi connectivity index (χ4n) is 2.31. The zero-order valence-corrected chi connectivity index (χ0v) is 10.4. The molecule has 94 valence electrons. The Balaban J connectivity index is 2.00. The highest BCUT2D eigenvalue weighted by atomic mass is 16.5. The summed E-state index contributed by atoms with van der Waals surface area (Å²) in [5, 5.41) is 9.18. The summed E-state index contributed by atoms with van der Waals surface area (Å²) in [6.07, 6.45) is 1.06. The summed E-state index contributed by atoms with van der Waals surface area (Å²) in [5.74, 6) is 0. The maximum atomic E-state index is 9.18. The molecular formula is C14H21NO2. The lowest BCUT2D eigenvalue weighted by atomic mass is 10.1. The second-order valence-electron chi connectivity index (χ2n) is 4.62. The van der Waals surface area contributed by atoms with E-state index in [2.05, 4.69) is 36.1 Å². The molecule has 1 heterocycles. The van der Waals surface area contributed by atoms with Crippen molar-refractivity contribution >= 4 is 0 Å². The number of rotatable bonds is 4. The van der Waals surface area contributed by atoms with Gasteiger partial charge in [-0.3, -0.25) is 4.90 Å². The molecule has 1 aliphatic rings. The van der Waals surface area contributed by atoms with E-state index in [1.165, 1.54) is 5.56 Å². The van der Waals surface area contributed by atoms with Gasteiger partial charge in [-0.25, -0.2) is 0 Å². The molecule has 17 heavy (non-hydrogen) atoms. The van der Waals surface area contributed by atoms with Crippen molar-refractivity contribution in [3.05, 3.63) is 35.9 Å². The van der Waals surface area contributed by atoms with Crippen LogP contribution < -0.4 is 0 Å². The Morgan fingerprint density at radius 3 is 2.76 bits per heavy atom. The van der Waals surface area contributed by atoms with E-state index in [1.807, 2.05) is 6.07 Å². The first-order valence-corrected chi connectivity index (χ1v) is 6.34. The standard InChI is InChI=1S/C14H21NO2/c1-2-13-11-17-14(10-16)9-15(13)8-12-6-4-3-5-7-12/h3-7,13-14,16H,2,8-11H2,1H3/t13-,14+/m0/s1. The Hall–Kier alpha value is -0.900. The van der Waals surface area contributed by atoms with Gasteiger partial charge in [-0.05, 0) is 12.0 Å². The Kier molecular flexibility index (Phi) is 4.54. The molecule has 1 aromatic carbocycles. The summed E-state index contributed by atoms with van der Waals surface area (Å²) < 4.78 is 5.61. The van der Waals surface area contributed by atoms with Crippen molar-refractivity contribution < 1.29 is 9.84 Å². The lowest BCUT2D eigenvalue weighted by Crippen LogP contribution is -2.49. The molecule has 0 aliphatic carbocycles. The molecule has 0 spiro atoms. The second kappa shape index (κ2) is 6.15. The van der Waals surface area contributed by atoms with E-state index in [0.29, 0.717) is 6.04 Å². The van der Waals surface area contributed by atoms with Crippen molar-refractivity contribution in [2.45, 2.75) is 32.0 Å². The highest BCUT2D eigenvalue weighted by molar-refractivity contribution is 5.14. The molecule has 0 radical (unpaired) electrons. The maximum Gasteiger partial charge on any atom is 0.0933 e. The smallest absolute Gasteiger partial charge is 0.0933 e. The summed E-state index contributed by atoms with van der Waals surface area (Å²) >= 11 is 0. The number of ether oxygens (including phenoxy) is 1. The summed E-state index contributed by atoms with van der Waals surface area (Å²) in [5.41, 5.74) is 1.32. The van der Waals surface area contributed by atoms with Crippen LogP contribution in [0.2, 0.25) is 0 Å². The predicted molar refractivity (Wildman–Crippen MR) is 67.8 cm³/mol. The first-order valence-electron chi connectivity index (χ1n) is 6.34. The summed E-state index contributed by atoms with van der Waals surface area (Å²) in [4.78, 5) is 2.42. The fraction of sp³-hybridized carbons (Fsp3) is 0.571. The largest absolute Gasteiger partial charge is 0.394 e. The second-order valence-corrected chi connectivity index (χ2v) is 4.62. The van der Waals surface area contributed by atoms with Crippen LogP contribution in [0.5, 0.6) is 0 Å². The zero-order valence-electron chi connectivity index (χ0n) is 10.4. The Bertz CT molecular complexity index is 328. The third kappa shape index (κ3) is 3.28. The topological polar surface area (TPSA) is 32.7 Å². The lowest BCUT2D eigenvalue weighted by Gasteiger charge is -2.38. The predicted octanol–water partition coefficient (Wildman–Crippen LogP) is 1.66. The van der Waals surface area contributed by atoms with E-state index >= 15 is 0 Å². The van der Waals surface area contributed by atoms with Crippen LogP contribution in [0.25, 0.3) is 0 Å². The fourth-order valence-corrected chi connectivity index (χ4v) is 2.31. The average Bonchev–Trinajstić information content (AvgIpc) is 2.40. The molecule has 0 amide bonds. The Morgan fingerprint density at radius 2 is 2.12 bits per heavy atom. The van der Waals surface area contributed by atoms with Gasteiger partial charge in [0, 0.05) is 19.1 Å². The molecule has 0 unspecified atom stereocenters. The van der Waals surface area contributed by atoms with Crippen LogP contribution in [0, 0.1) is 0 Å². The van der Waals surface area contributed by atoms with E-state index < -0.39 is 0 Å². The van der Waals surface area contributed by atoms with E-state index in [9.17, 15) is 5.11 Å². The minimum atomic E-state index is -0.0264. The number of nitrogens with zero attached hydrogens (tertiary/aromatic N) is 1. The van der Waals surface area contributed by atoms with Crippen molar-refractivity contribution in [1.29, 1.82) is 0 Å². The first-order chi connectivity index (χ1) is 8.33. The number of hydrogen-bond acceptors (Lipinski definition) is 3. The van der Waals surface area contributed by atoms with Crippen molar-refractivity contribution in [3.8, 4) is 0 Å². The van der Waals surface area contributed by atoms with Gasteiger partial charge in [-0.15, -0.1) is 0 Å². The minimum Gasteiger partial charge on any atom is -0.394 e. The van der Waals surface area contributed by atoms with Crippen LogP contribution in [-0.2, 0) is 11.3 Å². The molecule has 2 atom stereocenters. The number of benzene rings is 1. The normalized spacial score (nSPS) is 26.0. The van der Waals surface area contributed by atoms with E-state index in [1.54, 1.807) is 0 Å². The van der Waals surface area contributed by atoms with E-state index in [-0.39, 0.29) is 12.7 Å². The molecule has 1 N–H and O–H groups in total. The molecule has 1 aromatic rings. The molecule has 1 fully saturated rings. The minimum absolute atomic E-state index is 0.0264. The van der Waals surface area contributed by atoms with Gasteiger partial charge in [0.05, 0.1) is 19.3 Å². The third-order valence-electron chi connectivity index (χ3n) is 3.38. The van der Waals surface area contributed by atoms with Crippen LogP contribution in [0.1, 0.15) is 18.9 Å². The molecular weight excluding hydrogens is 214 g/mol. The van der Waals surface area contributed by atoms with Gasteiger partial charge in [-0.1, -0.05) is 37.3 Å². The first kappa shape index (κ1) is 12.6. The zero-order chi connectivity index (χ0) is 12.1. The highest BCUT2D eigenvalue weighted by Gasteiger charge is 2.27. The third-order valence-corrected chi connectivity index (χ3v) is 3.38. The van der Waals surface area contributed by atoms with Gasteiger partial charge >= 0.3 is 0 Å². The quantitative estimate of drug-likeness (QED) is 0.861. The molecule has 0 bridgehead atoms. The summed E-state index contributed by atoms with van der Waals surface area (Å²) in [6.45, 7) is 4.80. The Morgan fingerprint density at radius 1 is 1.35 bits per heavy atom. The van der Waals surface area contributed by atoms with Gasteiger partial charge in [0.15, 0.2) is 0 Å². The summed E-state index contributed by atoms with van der Waals surface area (Å²) in [6, 6.07) is 10.9. The summed E-state index contributed by atoms with van der Waals surface area (Å²) in [7, 11) is 0. The van der Waals surface area contributed by atoms with Crippen molar-refractivity contribution in [2.75, 3.05) is 19.8 Å². The highest BCUT2D eigenvalue weighted by Crippen LogP contribution is 2.17. The molecule has 1 saturated heterocycles. The van der Waals surface area contributed by atoms with Crippen LogP contribution >= 0.6 is 0 Å². The van der Waals surface area contributed by atoms with Crippen molar-refractivity contribution in [2.24, 2.45) is 0 Å². The number of aliphatic hydroxyl groups is 1. The molecule has 3 heteroatoms. The van der Waals surface area contributed by atoms with Gasteiger partial charge in [-0.2, -0.15) is 0 Å². The van der Waals surface area contributed by atoms with E-state index in [4.69, 9.17) is 4.74 Å². The van der Waals surface area contributed by atoms with Crippen LogP contribution in [-0.4, -0.2) is 41.9 Å². The molecule has 1 aliphatic heterocycles. The van der Waals surface area contributed by atoms with Crippen LogP contribution in [0.4, 0.5) is 0 Å². The number of aliphatic hydroxyl groups excluding tert-OH is 1. The SMILES string of the molecule is CC[C@H]1CO[C@@H](CO)CN1Cc1ccccc1. The Labute approximate surface area is 103 Å². The van der Waals surface area contributed by atoms with Gasteiger partial charge in [0.25, 0.3) is 0 Å². The molecule has 0 aromatic heterocycles.